The van der Waals surface area contributed by atoms with Crippen LogP contribution in [0.3, 0.4) is 0 Å². The topological polar surface area (TPSA) is 26.3 Å². The minimum absolute atomic E-state index is 0. The summed E-state index contributed by atoms with van der Waals surface area (Å²) in [5.41, 5.74) is 1.00. The Morgan fingerprint density at radius 1 is 1.29 bits per heavy atom. The average molecular weight is 199 g/mol. The molecule has 0 aliphatic carbocycles. The predicted molar refractivity (Wildman–Crippen MR) is 53.4 cm³/mol. The third kappa shape index (κ3) is 1.81. The summed E-state index contributed by atoms with van der Waals surface area (Å²) in [5, 5.41) is 11.6. The number of fused-ring (bicyclic) bond motifs is 1. The van der Waals surface area contributed by atoms with Crippen molar-refractivity contribution < 1.29 is 24.0 Å². The molecule has 0 N–H and O–H groups in total. The summed E-state index contributed by atoms with van der Waals surface area (Å²) in [4.78, 5) is 3.68. The first-order valence-corrected chi connectivity index (χ1v) is 4.90. The van der Waals surface area contributed by atoms with Crippen molar-refractivity contribution in [2.24, 2.45) is 0 Å². The van der Waals surface area contributed by atoms with Crippen molar-refractivity contribution in [1.29, 1.82) is 0 Å². The van der Waals surface area contributed by atoms with E-state index in [0.717, 1.165) is 15.5 Å². The SMILES string of the molecule is CC1=C([O-])N(C)c2ccccc2S1.[Li+]. The fourth-order valence-corrected chi connectivity index (χ4v) is 2.38. The molecule has 1 aliphatic heterocycles. The molecule has 0 amide bonds. The summed E-state index contributed by atoms with van der Waals surface area (Å²) in [5.74, 6) is 0.101. The molecule has 1 heterocycles. The molecule has 4 heteroatoms. The Hall–Kier alpha value is -0.493. The van der Waals surface area contributed by atoms with Crippen LogP contribution in [-0.2, 0) is 0 Å². The monoisotopic (exact) mass is 199 g/mol. The number of thioether (sulfide) groups is 1. The Kier molecular flexibility index (Phi) is 3.60. The third-order valence-corrected chi connectivity index (χ3v) is 3.14. The van der Waals surface area contributed by atoms with Crippen LogP contribution in [0.15, 0.2) is 39.9 Å². The van der Waals surface area contributed by atoms with Gasteiger partial charge in [0.2, 0.25) is 0 Å². The van der Waals surface area contributed by atoms with Gasteiger partial charge in [0.05, 0.1) is 5.69 Å². The molecular weight excluding hydrogens is 189 g/mol. The molecule has 0 saturated carbocycles. The van der Waals surface area contributed by atoms with E-state index in [1.54, 1.807) is 16.7 Å². The van der Waals surface area contributed by atoms with Gasteiger partial charge in [0.15, 0.2) is 0 Å². The second-order valence-electron chi connectivity index (χ2n) is 2.99. The fourth-order valence-electron chi connectivity index (χ4n) is 1.37. The Balaban J connectivity index is 0.000000980. The number of anilines is 1. The van der Waals surface area contributed by atoms with E-state index in [0.29, 0.717) is 0 Å². The van der Waals surface area contributed by atoms with Gasteiger partial charge < -0.3 is 10.0 Å². The van der Waals surface area contributed by atoms with Crippen molar-refractivity contribution in [3.63, 3.8) is 0 Å². The van der Waals surface area contributed by atoms with Gasteiger partial charge in [0.25, 0.3) is 0 Å². The van der Waals surface area contributed by atoms with Crippen LogP contribution in [0.5, 0.6) is 0 Å². The zero-order valence-electron chi connectivity index (χ0n) is 8.57. The molecule has 14 heavy (non-hydrogen) atoms. The Morgan fingerprint density at radius 2 is 1.93 bits per heavy atom. The van der Waals surface area contributed by atoms with E-state index >= 15 is 0 Å². The number of hydrogen-bond donors (Lipinski definition) is 0. The van der Waals surface area contributed by atoms with Crippen molar-refractivity contribution in [3.05, 3.63) is 35.1 Å². The Labute approximate surface area is 100 Å². The maximum atomic E-state index is 11.6. The van der Waals surface area contributed by atoms with E-state index in [1.165, 1.54) is 0 Å². The third-order valence-electron chi connectivity index (χ3n) is 2.10. The van der Waals surface area contributed by atoms with Crippen LogP contribution in [0.4, 0.5) is 5.69 Å². The van der Waals surface area contributed by atoms with Gasteiger partial charge in [-0.1, -0.05) is 23.9 Å². The Morgan fingerprint density at radius 3 is 2.64 bits per heavy atom. The first-order valence-electron chi connectivity index (χ1n) is 4.08. The zero-order chi connectivity index (χ0) is 9.42. The minimum Gasteiger partial charge on any atom is -0.859 e. The van der Waals surface area contributed by atoms with Crippen LogP contribution < -0.4 is 28.9 Å². The molecule has 0 atom stereocenters. The molecule has 0 spiro atoms. The van der Waals surface area contributed by atoms with Crippen LogP contribution in [0.25, 0.3) is 0 Å². The molecule has 1 aromatic rings. The summed E-state index contributed by atoms with van der Waals surface area (Å²) in [7, 11) is 1.81. The van der Waals surface area contributed by atoms with Crippen LogP contribution in [0.2, 0.25) is 0 Å². The summed E-state index contributed by atoms with van der Waals surface area (Å²) in [6, 6.07) is 7.94. The van der Waals surface area contributed by atoms with Gasteiger partial charge in [-0.25, -0.2) is 0 Å². The van der Waals surface area contributed by atoms with Crippen molar-refractivity contribution >= 4 is 17.4 Å². The quantitative estimate of drug-likeness (QED) is 0.490. The number of benzene rings is 1. The smallest absolute Gasteiger partial charge is 0.859 e. The van der Waals surface area contributed by atoms with Crippen LogP contribution in [-0.4, -0.2) is 7.05 Å². The zero-order valence-corrected chi connectivity index (χ0v) is 9.39. The van der Waals surface area contributed by atoms with Gasteiger partial charge >= 0.3 is 18.9 Å². The summed E-state index contributed by atoms with van der Waals surface area (Å²) < 4.78 is 0. The molecule has 1 aromatic carbocycles. The van der Waals surface area contributed by atoms with Gasteiger partial charge in [-0.3, -0.25) is 0 Å². The molecule has 2 rings (SSSR count). The molecule has 1 aliphatic rings. The van der Waals surface area contributed by atoms with Gasteiger partial charge in [-0.15, -0.1) is 0 Å². The van der Waals surface area contributed by atoms with Crippen molar-refractivity contribution in [1.82, 2.24) is 0 Å². The van der Waals surface area contributed by atoms with Crippen LogP contribution in [0, 0.1) is 0 Å². The molecular formula is C10H10LiNOS. The van der Waals surface area contributed by atoms with Gasteiger partial charge in [-0.2, -0.15) is 0 Å². The number of rotatable bonds is 0. The van der Waals surface area contributed by atoms with Gasteiger partial charge in [0, 0.05) is 11.9 Å². The standard InChI is InChI=1S/C10H11NOS.Li/c1-7-10(12)11(2)8-5-3-4-6-9(8)13-7;/h3-6,12H,1-2H3;/q;+1/p-1. The molecule has 0 unspecified atom stereocenters. The van der Waals surface area contributed by atoms with E-state index in [1.807, 2.05) is 38.2 Å². The predicted octanol–water partition coefficient (Wildman–Crippen LogP) is -1.22. The van der Waals surface area contributed by atoms with E-state index < -0.39 is 0 Å². The number of hydrogen-bond acceptors (Lipinski definition) is 3. The normalized spacial score (nSPS) is 14.9. The van der Waals surface area contributed by atoms with Crippen LogP contribution in [0.1, 0.15) is 6.92 Å². The molecule has 0 aromatic heterocycles. The molecule has 0 fully saturated rings. The van der Waals surface area contributed by atoms with Crippen LogP contribution >= 0.6 is 11.8 Å². The molecule has 0 radical (unpaired) electrons. The average Bonchev–Trinajstić information content (AvgIpc) is 2.15. The molecule has 68 valence electrons. The summed E-state index contributed by atoms with van der Waals surface area (Å²) >= 11 is 1.55. The van der Waals surface area contributed by atoms with E-state index in [4.69, 9.17) is 0 Å². The van der Waals surface area contributed by atoms with Crippen molar-refractivity contribution in [3.8, 4) is 0 Å². The molecule has 0 saturated heterocycles. The van der Waals surface area contributed by atoms with Gasteiger partial charge in [0.1, 0.15) is 0 Å². The largest absolute Gasteiger partial charge is 1.00 e. The van der Waals surface area contributed by atoms with E-state index in [-0.39, 0.29) is 24.7 Å². The summed E-state index contributed by atoms with van der Waals surface area (Å²) in [6.45, 7) is 1.86. The minimum atomic E-state index is 0. The Bertz CT molecular complexity index is 378. The van der Waals surface area contributed by atoms with Crippen molar-refractivity contribution in [2.45, 2.75) is 11.8 Å². The van der Waals surface area contributed by atoms with Crippen molar-refractivity contribution in [2.75, 3.05) is 11.9 Å². The van der Waals surface area contributed by atoms with E-state index in [9.17, 15) is 5.11 Å². The number of nitrogens with zero attached hydrogens (tertiary/aromatic N) is 1. The molecule has 2 nitrogen and oxygen atoms in total. The number of allylic oxidation sites excluding steroid dienone is 1. The first-order chi connectivity index (χ1) is 6.20. The first kappa shape index (κ1) is 11.6. The number of para-hydroxylation sites is 1. The maximum absolute atomic E-state index is 11.6. The van der Waals surface area contributed by atoms with E-state index in [2.05, 4.69) is 0 Å². The fraction of sp³-hybridized carbons (Fsp3) is 0.200. The maximum Gasteiger partial charge on any atom is 1.00 e. The van der Waals surface area contributed by atoms with Gasteiger partial charge in [-0.05, 0) is 29.8 Å². The second kappa shape index (κ2) is 4.35. The summed E-state index contributed by atoms with van der Waals surface area (Å²) in [6.07, 6.45) is 0. The molecule has 0 bridgehead atoms. The second-order valence-corrected chi connectivity index (χ2v) is 4.25.